The number of ether oxygens (including phenoxy) is 2. The predicted molar refractivity (Wildman–Crippen MR) is 109 cm³/mol. The molecule has 0 unspecified atom stereocenters. The topological polar surface area (TPSA) is 76.6 Å². The molecule has 2 atom stereocenters. The molecule has 3 heterocycles. The number of carbonyl (C=O) groups is 1. The Morgan fingerprint density at radius 2 is 2.10 bits per heavy atom. The summed E-state index contributed by atoms with van der Waals surface area (Å²) in [6, 6.07) is 7.29. The number of amides is 1. The zero-order valence-corrected chi connectivity index (χ0v) is 17.1. The molecule has 4 rings (SSSR count). The van der Waals surface area contributed by atoms with Gasteiger partial charge in [0.2, 0.25) is 0 Å². The highest BCUT2D eigenvalue weighted by Crippen LogP contribution is 2.32. The van der Waals surface area contributed by atoms with E-state index in [1.165, 1.54) is 0 Å². The number of rotatable bonds is 5. The van der Waals surface area contributed by atoms with Crippen molar-refractivity contribution in [3.63, 3.8) is 0 Å². The molecular weight excluding hydrogens is 368 g/mol. The van der Waals surface area contributed by atoms with Gasteiger partial charge in [0.25, 0.3) is 5.91 Å². The van der Waals surface area contributed by atoms with Gasteiger partial charge in [-0.2, -0.15) is 0 Å². The molecule has 0 saturated carbocycles. The van der Waals surface area contributed by atoms with E-state index in [2.05, 4.69) is 10.3 Å². The van der Waals surface area contributed by atoms with Gasteiger partial charge < -0.3 is 19.7 Å². The molecule has 1 aromatic carbocycles. The van der Waals surface area contributed by atoms with Crippen LogP contribution in [0.1, 0.15) is 49.3 Å². The number of methoxy groups -OCH3 is 1. The van der Waals surface area contributed by atoms with Crippen LogP contribution in [0.2, 0.25) is 0 Å². The van der Waals surface area contributed by atoms with Crippen LogP contribution >= 0.6 is 0 Å². The first-order chi connectivity index (χ1) is 14.2. The quantitative estimate of drug-likeness (QED) is 0.837. The summed E-state index contributed by atoms with van der Waals surface area (Å²) in [5, 5.41) is 3.34. The van der Waals surface area contributed by atoms with Gasteiger partial charge in [0.05, 0.1) is 13.2 Å². The largest absolute Gasteiger partial charge is 0.493 e. The van der Waals surface area contributed by atoms with Gasteiger partial charge in [-0.05, 0) is 38.3 Å². The van der Waals surface area contributed by atoms with Crippen molar-refractivity contribution in [2.24, 2.45) is 0 Å². The highest BCUT2D eigenvalue weighted by molar-refractivity contribution is 5.81. The van der Waals surface area contributed by atoms with Crippen molar-refractivity contribution in [3.8, 4) is 11.5 Å². The second-order valence-corrected chi connectivity index (χ2v) is 7.58. The van der Waals surface area contributed by atoms with E-state index in [0.717, 1.165) is 55.9 Å². The summed E-state index contributed by atoms with van der Waals surface area (Å²) in [6.45, 7) is 4.23. The van der Waals surface area contributed by atoms with Crippen LogP contribution in [0.5, 0.6) is 11.5 Å². The van der Waals surface area contributed by atoms with Crippen LogP contribution in [0.3, 0.4) is 0 Å². The fourth-order valence-corrected chi connectivity index (χ4v) is 4.07. The smallest absolute Gasteiger partial charge is 0.263 e. The Bertz CT molecular complexity index is 873. The molecule has 2 aliphatic heterocycles. The van der Waals surface area contributed by atoms with Gasteiger partial charge >= 0.3 is 0 Å². The number of nitrogens with one attached hydrogen (secondary N) is 1. The number of benzene rings is 1. The lowest BCUT2D eigenvalue weighted by Gasteiger charge is -2.36. The maximum Gasteiger partial charge on any atom is 0.263 e. The average Bonchev–Trinajstić information content (AvgIpc) is 2.78. The third-order valence-corrected chi connectivity index (χ3v) is 5.63. The van der Waals surface area contributed by atoms with Gasteiger partial charge in [0, 0.05) is 43.5 Å². The number of aromatic nitrogens is 2. The first-order valence-corrected chi connectivity index (χ1v) is 10.3. The SMILES string of the molecule is COc1ccccc1O[C@H](C)C(=O)N1CCCC[C@@H]1c1ncc2c(n1)CCNC2. The maximum absolute atomic E-state index is 13.3. The molecule has 1 N–H and O–H groups in total. The zero-order chi connectivity index (χ0) is 20.2. The molecule has 1 saturated heterocycles. The van der Waals surface area contributed by atoms with Crippen LogP contribution in [-0.2, 0) is 17.8 Å². The summed E-state index contributed by atoms with van der Waals surface area (Å²) >= 11 is 0. The first-order valence-electron chi connectivity index (χ1n) is 10.3. The minimum absolute atomic E-state index is 0.0383. The maximum atomic E-state index is 13.3. The average molecular weight is 396 g/mol. The number of piperidine rings is 1. The van der Waals surface area contributed by atoms with Crippen LogP contribution in [0, 0.1) is 0 Å². The molecule has 0 radical (unpaired) electrons. The monoisotopic (exact) mass is 396 g/mol. The van der Waals surface area contributed by atoms with Gasteiger partial charge in [0.15, 0.2) is 23.4 Å². The third kappa shape index (κ3) is 4.19. The number of para-hydroxylation sites is 2. The van der Waals surface area contributed by atoms with Gasteiger partial charge in [-0.3, -0.25) is 4.79 Å². The Morgan fingerprint density at radius 3 is 2.93 bits per heavy atom. The predicted octanol–water partition coefficient (Wildman–Crippen LogP) is 2.65. The fourth-order valence-electron chi connectivity index (χ4n) is 4.07. The summed E-state index contributed by atoms with van der Waals surface area (Å²) in [4.78, 5) is 24.6. The van der Waals surface area contributed by atoms with Crippen molar-refractivity contribution >= 4 is 5.91 Å². The third-order valence-electron chi connectivity index (χ3n) is 5.63. The van der Waals surface area contributed by atoms with Gasteiger partial charge in [-0.25, -0.2) is 9.97 Å². The molecule has 1 fully saturated rings. The molecule has 0 bridgehead atoms. The molecule has 0 aliphatic carbocycles. The van der Waals surface area contributed by atoms with E-state index in [1.54, 1.807) is 14.0 Å². The molecule has 29 heavy (non-hydrogen) atoms. The van der Waals surface area contributed by atoms with Crippen molar-refractivity contribution < 1.29 is 14.3 Å². The summed E-state index contributed by atoms with van der Waals surface area (Å²) in [5.74, 6) is 1.91. The summed E-state index contributed by atoms with van der Waals surface area (Å²) in [5.41, 5.74) is 2.26. The summed E-state index contributed by atoms with van der Waals surface area (Å²) < 4.78 is 11.3. The van der Waals surface area contributed by atoms with Gasteiger partial charge in [-0.15, -0.1) is 0 Å². The number of nitrogens with zero attached hydrogens (tertiary/aromatic N) is 3. The van der Waals surface area contributed by atoms with Crippen LogP contribution < -0.4 is 14.8 Å². The van der Waals surface area contributed by atoms with E-state index in [0.29, 0.717) is 18.0 Å². The van der Waals surface area contributed by atoms with Crippen molar-refractivity contribution in [2.45, 2.75) is 51.3 Å². The minimum Gasteiger partial charge on any atom is -0.493 e. The van der Waals surface area contributed by atoms with Crippen LogP contribution in [0.4, 0.5) is 0 Å². The van der Waals surface area contributed by atoms with E-state index < -0.39 is 6.10 Å². The van der Waals surface area contributed by atoms with Crippen LogP contribution in [-0.4, -0.2) is 47.1 Å². The fraction of sp³-hybridized carbons (Fsp3) is 0.500. The van der Waals surface area contributed by atoms with Crippen molar-refractivity contribution in [2.75, 3.05) is 20.2 Å². The second kappa shape index (κ2) is 8.78. The molecule has 1 aromatic heterocycles. The lowest BCUT2D eigenvalue weighted by Crippen LogP contribution is -2.45. The van der Waals surface area contributed by atoms with E-state index >= 15 is 0 Å². The van der Waals surface area contributed by atoms with E-state index in [-0.39, 0.29) is 11.9 Å². The van der Waals surface area contributed by atoms with Gasteiger partial charge in [-0.1, -0.05) is 12.1 Å². The molecule has 0 spiro atoms. The summed E-state index contributed by atoms with van der Waals surface area (Å²) in [6.07, 6.45) is 5.13. The first kappa shape index (κ1) is 19.6. The lowest BCUT2D eigenvalue weighted by molar-refractivity contribution is -0.142. The molecule has 7 nitrogen and oxygen atoms in total. The van der Waals surface area contributed by atoms with E-state index in [4.69, 9.17) is 14.5 Å². The number of likely N-dealkylation sites (tertiary alicyclic amines) is 1. The number of fused-ring (bicyclic) bond motifs is 1. The van der Waals surface area contributed by atoms with Crippen molar-refractivity contribution in [1.82, 2.24) is 20.2 Å². The number of carbonyl (C=O) groups excluding carboxylic acids is 1. The highest BCUT2D eigenvalue weighted by atomic mass is 16.5. The lowest BCUT2D eigenvalue weighted by atomic mass is 10.00. The van der Waals surface area contributed by atoms with Crippen LogP contribution in [0.25, 0.3) is 0 Å². The van der Waals surface area contributed by atoms with E-state index in [1.807, 2.05) is 35.4 Å². The molecule has 1 amide bonds. The standard InChI is InChI=1S/C22H28N4O3/c1-15(29-20-9-4-3-8-19(20)28-2)22(27)26-12-6-5-7-18(26)21-24-14-16-13-23-11-10-17(16)25-21/h3-4,8-9,14-15,18,23H,5-7,10-13H2,1-2H3/t15-,18-/m1/s1. The van der Waals surface area contributed by atoms with E-state index in [9.17, 15) is 4.79 Å². The molecule has 7 heteroatoms. The summed E-state index contributed by atoms with van der Waals surface area (Å²) in [7, 11) is 1.60. The Hall–Kier alpha value is -2.67. The number of hydrogen-bond donors (Lipinski definition) is 1. The molecule has 2 aliphatic rings. The van der Waals surface area contributed by atoms with Crippen molar-refractivity contribution in [3.05, 3.63) is 47.5 Å². The Kier molecular flexibility index (Phi) is 5.94. The zero-order valence-electron chi connectivity index (χ0n) is 17.1. The highest BCUT2D eigenvalue weighted by Gasteiger charge is 2.34. The normalized spacial score (nSPS) is 19.9. The van der Waals surface area contributed by atoms with Crippen molar-refractivity contribution in [1.29, 1.82) is 0 Å². The van der Waals surface area contributed by atoms with Gasteiger partial charge in [0.1, 0.15) is 0 Å². The molecule has 2 aromatic rings. The Labute approximate surface area is 171 Å². The van der Waals surface area contributed by atoms with Crippen LogP contribution in [0.15, 0.2) is 30.5 Å². The Morgan fingerprint density at radius 1 is 1.28 bits per heavy atom. The number of hydrogen-bond acceptors (Lipinski definition) is 6. The molecular formula is C22H28N4O3. The minimum atomic E-state index is -0.617. The Balaban J connectivity index is 1.53. The second-order valence-electron chi connectivity index (χ2n) is 7.58. The molecule has 154 valence electrons.